The van der Waals surface area contributed by atoms with Crippen molar-refractivity contribution in [2.24, 2.45) is 0 Å². The van der Waals surface area contributed by atoms with Crippen LogP contribution in [0.5, 0.6) is 5.75 Å². The van der Waals surface area contributed by atoms with Crippen LogP contribution in [0.2, 0.25) is 0 Å². The predicted molar refractivity (Wildman–Crippen MR) is 146 cm³/mol. The number of benzene rings is 4. The number of methoxy groups -OCH3 is 1. The molecule has 0 radical (unpaired) electrons. The Morgan fingerprint density at radius 3 is 1.79 bits per heavy atom. The molecule has 0 amide bonds. The summed E-state index contributed by atoms with van der Waals surface area (Å²) in [5.74, 6) is 0.961. The molecule has 0 fully saturated rings. The fourth-order valence-electron chi connectivity index (χ4n) is 4.69. The number of rotatable bonds is 6. The summed E-state index contributed by atoms with van der Waals surface area (Å²) in [5.41, 5.74) is 3.68. The molecule has 34 heavy (non-hydrogen) atoms. The number of ether oxygens (including phenoxy) is 1. The third-order valence-corrected chi connectivity index (χ3v) is 12.0. The lowest BCUT2D eigenvalue weighted by molar-refractivity contribution is 0.415. The van der Waals surface area contributed by atoms with Gasteiger partial charge in [-0.1, -0.05) is 103 Å². The molecule has 0 unspecified atom stereocenters. The average molecular weight is 483 g/mol. The van der Waals surface area contributed by atoms with E-state index in [0.29, 0.717) is 0 Å². The summed E-state index contributed by atoms with van der Waals surface area (Å²) in [4.78, 5) is -0.0956. The fraction of sp³-hybridized carbons (Fsp3) is 0.133. The molecule has 4 aromatic carbocycles. The molecule has 1 aliphatic rings. The molecule has 5 rings (SSSR count). The molecule has 4 aromatic rings. The third-order valence-electron chi connectivity index (χ3n) is 6.46. The monoisotopic (exact) mass is 482 g/mol. The van der Waals surface area contributed by atoms with E-state index in [1.165, 1.54) is 16.7 Å². The zero-order chi connectivity index (χ0) is 23.4. The van der Waals surface area contributed by atoms with Gasteiger partial charge >= 0.3 is 0 Å². The lowest BCUT2D eigenvalue weighted by atomic mass is 9.90. The molecule has 2 nitrogen and oxygen atoms in total. The second-order valence-corrected chi connectivity index (χ2v) is 12.7. The highest BCUT2D eigenvalue weighted by atomic mass is 32.2. The molecule has 0 spiro atoms. The molecule has 1 heterocycles. The number of hydrogen-bond donors (Lipinski definition) is 0. The Morgan fingerprint density at radius 2 is 1.26 bits per heavy atom. The van der Waals surface area contributed by atoms with Gasteiger partial charge in [-0.2, -0.15) is 0 Å². The topological polar surface area (TPSA) is 26.3 Å². The van der Waals surface area contributed by atoms with Crippen LogP contribution in [0, 0.1) is 0 Å². The molecule has 2 atom stereocenters. The Kier molecular flexibility index (Phi) is 6.76. The minimum absolute atomic E-state index is 0.0956. The summed E-state index contributed by atoms with van der Waals surface area (Å²) in [5, 5.41) is 4.06. The first-order valence-corrected chi connectivity index (χ1v) is 14.2. The highest BCUT2D eigenvalue weighted by molar-refractivity contribution is 8.11. The zero-order valence-corrected chi connectivity index (χ0v) is 20.8. The van der Waals surface area contributed by atoms with E-state index in [1.54, 1.807) is 18.9 Å². The standard InChI is InChI=1S/C30H27O2PS/c1-32-26-19-17-23(18-20-26)25-21-29(24-11-5-2-6-12-24)30(34-22-25)33(31,27-13-7-3-8-14-27)28-15-9-4-10-16-28/h2-20,22,29-30H,21H2,1H3/t29-,30+/m1/s1. The maximum Gasteiger partial charge on any atom is 0.156 e. The van der Waals surface area contributed by atoms with Gasteiger partial charge in [0, 0.05) is 16.5 Å². The molecule has 0 saturated carbocycles. The molecule has 0 saturated heterocycles. The smallest absolute Gasteiger partial charge is 0.156 e. The van der Waals surface area contributed by atoms with Crippen LogP contribution in [-0.2, 0) is 4.57 Å². The summed E-state index contributed by atoms with van der Waals surface area (Å²) in [7, 11) is -1.27. The highest BCUT2D eigenvalue weighted by Gasteiger charge is 2.44. The van der Waals surface area contributed by atoms with Gasteiger partial charge in [-0.3, -0.25) is 0 Å². The number of thioether (sulfide) groups is 1. The van der Waals surface area contributed by atoms with Crippen molar-refractivity contribution in [3.8, 4) is 5.75 Å². The van der Waals surface area contributed by atoms with Crippen molar-refractivity contribution in [2.45, 2.75) is 17.3 Å². The molecule has 1 aliphatic heterocycles. The van der Waals surface area contributed by atoms with Crippen molar-refractivity contribution in [3.63, 3.8) is 0 Å². The van der Waals surface area contributed by atoms with Crippen molar-refractivity contribution < 1.29 is 9.30 Å². The van der Waals surface area contributed by atoms with Crippen LogP contribution < -0.4 is 15.3 Å². The van der Waals surface area contributed by atoms with Crippen molar-refractivity contribution in [2.75, 3.05) is 7.11 Å². The van der Waals surface area contributed by atoms with E-state index in [9.17, 15) is 0 Å². The maximum absolute atomic E-state index is 15.2. The molecule has 0 N–H and O–H groups in total. The van der Waals surface area contributed by atoms with Gasteiger partial charge in [0.2, 0.25) is 0 Å². The Balaban J connectivity index is 1.64. The van der Waals surface area contributed by atoms with Gasteiger partial charge in [-0.25, -0.2) is 0 Å². The quantitative estimate of drug-likeness (QED) is 0.270. The van der Waals surface area contributed by atoms with Gasteiger partial charge in [-0.05, 0) is 40.7 Å². The van der Waals surface area contributed by atoms with Gasteiger partial charge < -0.3 is 9.30 Å². The van der Waals surface area contributed by atoms with Crippen LogP contribution in [0.15, 0.2) is 121 Å². The van der Waals surface area contributed by atoms with Crippen LogP contribution in [0.4, 0.5) is 0 Å². The molecule has 170 valence electrons. The van der Waals surface area contributed by atoms with Gasteiger partial charge in [0.05, 0.1) is 12.1 Å². The van der Waals surface area contributed by atoms with Crippen LogP contribution >= 0.6 is 18.9 Å². The lowest BCUT2D eigenvalue weighted by Crippen LogP contribution is -2.29. The summed E-state index contributed by atoms with van der Waals surface area (Å²) in [6.45, 7) is 0. The molecule has 0 aromatic heterocycles. The van der Waals surface area contributed by atoms with Crippen LogP contribution in [0.25, 0.3) is 5.57 Å². The Morgan fingerprint density at radius 1 is 0.735 bits per heavy atom. The van der Waals surface area contributed by atoms with Gasteiger partial charge in [0.25, 0.3) is 0 Å². The Hall–Kier alpha value is -3.00. The van der Waals surface area contributed by atoms with E-state index in [2.05, 4.69) is 41.8 Å². The molecular formula is C30H27O2PS. The SMILES string of the molecule is COc1ccc(C2=CS[C@H](P(=O)(c3ccccc3)c3ccccc3)[C@@H](c3ccccc3)C2)cc1. The van der Waals surface area contributed by atoms with Crippen LogP contribution in [0.1, 0.15) is 23.5 Å². The van der Waals surface area contributed by atoms with Crippen molar-refractivity contribution >= 4 is 35.1 Å². The van der Waals surface area contributed by atoms with E-state index in [-0.39, 0.29) is 10.9 Å². The third kappa shape index (κ3) is 4.39. The first-order chi connectivity index (χ1) is 16.7. The van der Waals surface area contributed by atoms with Crippen molar-refractivity contribution in [1.29, 1.82) is 0 Å². The maximum atomic E-state index is 15.2. The van der Waals surface area contributed by atoms with E-state index in [1.807, 2.05) is 78.9 Å². The largest absolute Gasteiger partial charge is 0.497 e. The van der Waals surface area contributed by atoms with Gasteiger partial charge in [0.1, 0.15) is 5.75 Å². The fourth-order valence-corrected chi connectivity index (χ4v) is 10.2. The number of hydrogen-bond acceptors (Lipinski definition) is 3. The van der Waals surface area contributed by atoms with Crippen LogP contribution in [0.3, 0.4) is 0 Å². The van der Waals surface area contributed by atoms with E-state index in [0.717, 1.165) is 22.8 Å². The van der Waals surface area contributed by atoms with Crippen molar-refractivity contribution in [3.05, 3.63) is 132 Å². The lowest BCUT2D eigenvalue weighted by Gasteiger charge is -2.37. The predicted octanol–water partition coefficient (Wildman–Crippen LogP) is 7.30. The Bertz CT molecular complexity index is 1260. The second-order valence-electron chi connectivity index (χ2n) is 8.45. The summed E-state index contributed by atoms with van der Waals surface area (Å²) < 4.78 is 20.6. The van der Waals surface area contributed by atoms with E-state index in [4.69, 9.17) is 4.74 Å². The number of allylic oxidation sites excluding steroid dienone is 1. The summed E-state index contributed by atoms with van der Waals surface area (Å²) in [6.07, 6.45) is 0.831. The van der Waals surface area contributed by atoms with Crippen LogP contribution in [-0.4, -0.2) is 12.1 Å². The minimum atomic E-state index is -2.95. The minimum Gasteiger partial charge on any atom is -0.497 e. The zero-order valence-electron chi connectivity index (χ0n) is 19.1. The van der Waals surface area contributed by atoms with E-state index < -0.39 is 7.14 Å². The molecule has 4 heteroatoms. The normalized spacial score (nSPS) is 18.2. The first kappa shape index (κ1) is 22.8. The molecule has 0 aliphatic carbocycles. The molecular weight excluding hydrogens is 455 g/mol. The summed E-state index contributed by atoms with van der Waals surface area (Å²) >= 11 is 1.72. The summed E-state index contributed by atoms with van der Waals surface area (Å²) in [6, 6.07) is 38.9. The van der Waals surface area contributed by atoms with Gasteiger partial charge in [0.15, 0.2) is 7.14 Å². The second kappa shape index (κ2) is 10.1. The van der Waals surface area contributed by atoms with E-state index >= 15 is 4.57 Å². The molecule has 0 bridgehead atoms. The van der Waals surface area contributed by atoms with Crippen molar-refractivity contribution in [1.82, 2.24) is 0 Å². The Labute approximate surface area is 206 Å². The van der Waals surface area contributed by atoms with Gasteiger partial charge in [-0.15, -0.1) is 11.8 Å². The average Bonchev–Trinajstić information content (AvgIpc) is 2.94. The first-order valence-electron chi connectivity index (χ1n) is 11.4. The highest BCUT2D eigenvalue weighted by Crippen LogP contribution is 2.62.